The Kier molecular flexibility index (Phi) is 5.37. The molecule has 0 fully saturated rings. The molecule has 6 nitrogen and oxygen atoms in total. The Labute approximate surface area is 164 Å². The highest BCUT2D eigenvalue weighted by Crippen LogP contribution is 2.29. The maximum Gasteiger partial charge on any atom is 0.243 e. The first-order valence-corrected chi connectivity index (χ1v) is 9.66. The second-order valence-electron chi connectivity index (χ2n) is 7.01. The van der Waals surface area contributed by atoms with E-state index in [4.69, 9.17) is 4.74 Å². The van der Waals surface area contributed by atoms with Crippen LogP contribution < -0.4 is 10.1 Å². The third-order valence-electron chi connectivity index (χ3n) is 5.14. The number of ether oxygens (including phenoxy) is 1. The lowest BCUT2D eigenvalue weighted by Crippen LogP contribution is -2.32. The van der Waals surface area contributed by atoms with Crippen molar-refractivity contribution in [3.8, 4) is 17.1 Å². The van der Waals surface area contributed by atoms with Gasteiger partial charge < -0.3 is 10.1 Å². The van der Waals surface area contributed by atoms with E-state index in [0.717, 1.165) is 54.2 Å². The smallest absolute Gasteiger partial charge is 0.243 e. The lowest BCUT2D eigenvalue weighted by molar-refractivity contribution is -0.124. The van der Waals surface area contributed by atoms with Crippen molar-refractivity contribution in [2.75, 3.05) is 7.11 Å². The maximum absolute atomic E-state index is 13.1. The van der Waals surface area contributed by atoms with E-state index >= 15 is 0 Å². The van der Waals surface area contributed by atoms with Gasteiger partial charge in [-0.1, -0.05) is 48.9 Å². The Morgan fingerprint density at radius 2 is 2.00 bits per heavy atom. The number of rotatable bonds is 5. The zero-order chi connectivity index (χ0) is 19.3. The molecule has 2 aromatic carbocycles. The number of aromatic nitrogens is 3. The van der Waals surface area contributed by atoms with Crippen LogP contribution >= 0.6 is 0 Å². The van der Waals surface area contributed by atoms with E-state index in [-0.39, 0.29) is 11.9 Å². The van der Waals surface area contributed by atoms with E-state index < -0.39 is 0 Å². The summed E-state index contributed by atoms with van der Waals surface area (Å²) in [7, 11) is 1.64. The van der Waals surface area contributed by atoms with Crippen molar-refractivity contribution >= 4 is 5.91 Å². The average Bonchev–Trinajstić information content (AvgIpc) is 3.05. The molecule has 1 aliphatic rings. The number of nitrogens with one attached hydrogen (secondary N) is 1. The fourth-order valence-corrected chi connectivity index (χ4v) is 3.69. The Hall–Kier alpha value is -3.15. The molecule has 3 aromatic rings. The van der Waals surface area contributed by atoms with Crippen molar-refractivity contribution in [1.82, 2.24) is 20.1 Å². The number of carbonyl (C=O) groups is 1. The lowest BCUT2D eigenvalue weighted by Gasteiger charge is -2.20. The number of amides is 1. The van der Waals surface area contributed by atoms with Gasteiger partial charge in [-0.15, -0.1) is 10.2 Å². The van der Waals surface area contributed by atoms with Crippen molar-refractivity contribution in [3.63, 3.8) is 0 Å². The number of hydrogen-bond donors (Lipinski definition) is 1. The molecule has 0 radical (unpaired) electrons. The van der Waals surface area contributed by atoms with Crippen LogP contribution in [0.3, 0.4) is 0 Å². The fraction of sp³-hybridized carbons (Fsp3) is 0.318. The first kappa shape index (κ1) is 18.2. The van der Waals surface area contributed by atoms with Gasteiger partial charge >= 0.3 is 0 Å². The van der Waals surface area contributed by atoms with E-state index in [1.807, 2.05) is 59.2 Å². The minimum atomic E-state index is -0.298. The van der Waals surface area contributed by atoms with Crippen LogP contribution in [-0.2, 0) is 17.8 Å². The summed E-state index contributed by atoms with van der Waals surface area (Å²) < 4.78 is 7.29. The Morgan fingerprint density at radius 3 is 2.82 bits per heavy atom. The zero-order valence-electron chi connectivity index (χ0n) is 16.0. The molecule has 6 heteroatoms. The van der Waals surface area contributed by atoms with Gasteiger partial charge in [-0.25, -0.2) is 0 Å². The van der Waals surface area contributed by atoms with Gasteiger partial charge in [-0.3, -0.25) is 9.36 Å². The maximum atomic E-state index is 13.1. The molecule has 1 unspecified atom stereocenters. The average molecular weight is 376 g/mol. The van der Waals surface area contributed by atoms with Crippen LogP contribution in [0.5, 0.6) is 5.75 Å². The Balaban J connectivity index is 1.58. The van der Waals surface area contributed by atoms with Gasteiger partial charge in [0.2, 0.25) is 5.91 Å². The van der Waals surface area contributed by atoms with Crippen LogP contribution in [0.1, 0.15) is 36.7 Å². The standard InChI is InChI=1S/C22H24N4O2/c1-28-18-11-7-8-16(14-18)15-23-22(27)19-12-5-6-13-20-24-25-21(26(19)20)17-9-3-2-4-10-17/h2-4,7-11,14,19H,5-6,12-13,15H2,1H3,(H,23,27). The molecule has 0 spiro atoms. The second kappa shape index (κ2) is 8.25. The van der Waals surface area contributed by atoms with Gasteiger partial charge in [0.25, 0.3) is 0 Å². The number of hydrogen-bond acceptors (Lipinski definition) is 4. The van der Waals surface area contributed by atoms with E-state index in [9.17, 15) is 4.79 Å². The largest absolute Gasteiger partial charge is 0.497 e. The second-order valence-corrected chi connectivity index (χ2v) is 7.01. The van der Waals surface area contributed by atoms with Crippen molar-refractivity contribution in [2.24, 2.45) is 0 Å². The summed E-state index contributed by atoms with van der Waals surface area (Å²) in [4.78, 5) is 13.1. The highest BCUT2D eigenvalue weighted by Gasteiger charge is 2.28. The molecule has 0 aliphatic carbocycles. The molecule has 28 heavy (non-hydrogen) atoms. The molecule has 0 saturated heterocycles. The molecule has 144 valence electrons. The summed E-state index contributed by atoms with van der Waals surface area (Å²) >= 11 is 0. The molecule has 1 N–H and O–H groups in total. The molecule has 1 aromatic heterocycles. The molecule has 2 heterocycles. The van der Waals surface area contributed by atoms with Gasteiger partial charge in [0.05, 0.1) is 7.11 Å². The van der Waals surface area contributed by atoms with E-state index in [2.05, 4.69) is 15.5 Å². The highest BCUT2D eigenvalue weighted by molar-refractivity contribution is 5.81. The third kappa shape index (κ3) is 3.76. The number of carbonyl (C=O) groups excluding carboxylic acids is 1. The zero-order valence-corrected chi connectivity index (χ0v) is 16.0. The van der Waals surface area contributed by atoms with Crippen LogP contribution in [0, 0.1) is 0 Å². The van der Waals surface area contributed by atoms with Crippen LogP contribution in [-0.4, -0.2) is 27.8 Å². The van der Waals surface area contributed by atoms with Crippen LogP contribution in [0.4, 0.5) is 0 Å². The number of fused-ring (bicyclic) bond motifs is 1. The van der Waals surface area contributed by atoms with Gasteiger partial charge in [-0.2, -0.15) is 0 Å². The van der Waals surface area contributed by atoms with E-state index in [1.165, 1.54) is 0 Å². The molecule has 4 rings (SSSR count). The first-order chi connectivity index (χ1) is 13.8. The molecular formula is C22H24N4O2. The predicted octanol–water partition coefficient (Wildman–Crippen LogP) is 3.54. The molecule has 0 bridgehead atoms. The predicted molar refractivity (Wildman–Crippen MR) is 107 cm³/mol. The van der Waals surface area contributed by atoms with Crippen molar-refractivity contribution in [2.45, 2.75) is 38.3 Å². The van der Waals surface area contributed by atoms with E-state index in [0.29, 0.717) is 6.54 Å². The molecule has 1 aliphatic heterocycles. The van der Waals surface area contributed by atoms with Crippen LogP contribution in [0.15, 0.2) is 54.6 Å². The minimum absolute atomic E-state index is 0.00273. The van der Waals surface area contributed by atoms with Gasteiger partial charge in [0.15, 0.2) is 5.82 Å². The van der Waals surface area contributed by atoms with Crippen LogP contribution in [0.2, 0.25) is 0 Å². The SMILES string of the molecule is COc1cccc(CNC(=O)C2CCCCc3nnc(-c4ccccc4)n32)c1. The minimum Gasteiger partial charge on any atom is -0.497 e. The topological polar surface area (TPSA) is 69.0 Å². The molecular weight excluding hydrogens is 352 g/mol. The number of benzene rings is 2. The van der Waals surface area contributed by atoms with Crippen molar-refractivity contribution in [1.29, 1.82) is 0 Å². The van der Waals surface area contributed by atoms with E-state index in [1.54, 1.807) is 7.11 Å². The number of nitrogens with zero attached hydrogens (tertiary/aromatic N) is 3. The molecule has 0 saturated carbocycles. The third-order valence-corrected chi connectivity index (χ3v) is 5.14. The van der Waals surface area contributed by atoms with Crippen molar-refractivity contribution in [3.05, 3.63) is 66.0 Å². The summed E-state index contributed by atoms with van der Waals surface area (Å²) in [5.74, 6) is 2.44. The van der Waals surface area contributed by atoms with Crippen molar-refractivity contribution < 1.29 is 9.53 Å². The normalized spacial score (nSPS) is 16.1. The number of methoxy groups -OCH3 is 1. The highest BCUT2D eigenvalue weighted by atomic mass is 16.5. The Bertz CT molecular complexity index is 952. The van der Waals surface area contributed by atoms with Gasteiger partial charge in [-0.05, 0) is 30.5 Å². The van der Waals surface area contributed by atoms with Gasteiger partial charge in [0.1, 0.15) is 17.6 Å². The monoisotopic (exact) mass is 376 g/mol. The van der Waals surface area contributed by atoms with Crippen LogP contribution in [0.25, 0.3) is 11.4 Å². The molecule has 1 atom stereocenters. The van der Waals surface area contributed by atoms with Gasteiger partial charge in [0, 0.05) is 18.5 Å². The number of aryl methyl sites for hydroxylation is 1. The first-order valence-electron chi connectivity index (χ1n) is 9.66. The summed E-state index contributed by atoms with van der Waals surface area (Å²) in [6.07, 6.45) is 3.65. The fourth-order valence-electron chi connectivity index (χ4n) is 3.69. The summed E-state index contributed by atoms with van der Waals surface area (Å²) in [5.41, 5.74) is 1.99. The molecule has 1 amide bonds. The summed E-state index contributed by atoms with van der Waals surface area (Å²) in [6, 6.07) is 17.4. The Morgan fingerprint density at radius 1 is 1.14 bits per heavy atom. The summed E-state index contributed by atoms with van der Waals surface area (Å²) in [5, 5.41) is 11.9. The summed E-state index contributed by atoms with van der Waals surface area (Å²) in [6.45, 7) is 0.463. The lowest BCUT2D eigenvalue weighted by atomic mass is 10.1. The quantitative estimate of drug-likeness (QED) is 0.739.